The average molecular weight is 270 g/mol. The van der Waals surface area contributed by atoms with Gasteiger partial charge in [-0.3, -0.25) is 0 Å². The first kappa shape index (κ1) is 16.2. The van der Waals surface area contributed by atoms with Crippen LogP contribution in [0.5, 0.6) is 0 Å². The second kappa shape index (κ2) is 7.65. The number of esters is 1. The molecule has 0 aliphatic heterocycles. The van der Waals surface area contributed by atoms with E-state index in [1.807, 2.05) is 6.92 Å². The highest BCUT2D eigenvalue weighted by atomic mass is 16.7. The predicted octanol–water partition coefficient (Wildman–Crippen LogP) is 3.21. The first-order valence-corrected chi connectivity index (χ1v) is 7.17. The van der Waals surface area contributed by atoms with Crippen LogP contribution in [0.3, 0.4) is 0 Å². The van der Waals surface area contributed by atoms with Crippen LogP contribution in [-0.4, -0.2) is 31.1 Å². The number of hydrogen-bond acceptors (Lipinski definition) is 4. The molecular formula is C15H26O4. The van der Waals surface area contributed by atoms with Crippen molar-refractivity contribution in [1.82, 2.24) is 0 Å². The van der Waals surface area contributed by atoms with Gasteiger partial charge < -0.3 is 14.2 Å². The van der Waals surface area contributed by atoms with E-state index in [2.05, 4.69) is 13.5 Å². The summed E-state index contributed by atoms with van der Waals surface area (Å²) < 4.78 is 16.2. The Bertz CT molecular complexity index is 305. The van der Waals surface area contributed by atoms with Crippen molar-refractivity contribution in [2.24, 2.45) is 0 Å². The summed E-state index contributed by atoms with van der Waals surface area (Å²) in [4.78, 5) is 12.0. The first-order chi connectivity index (χ1) is 9.03. The first-order valence-electron chi connectivity index (χ1n) is 7.17. The second-order valence-corrected chi connectivity index (χ2v) is 5.07. The molecule has 0 aromatic carbocycles. The number of hydrogen-bond donors (Lipinski definition) is 0. The lowest BCUT2D eigenvalue weighted by molar-refractivity contribution is -0.158. The van der Waals surface area contributed by atoms with Crippen LogP contribution in [0.15, 0.2) is 12.2 Å². The molecule has 0 bridgehead atoms. The summed E-state index contributed by atoms with van der Waals surface area (Å²) in [7, 11) is 0. The van der Waals surface area contributed by atoms with Crippen LogP contribution in [-0.2, 0) is 19.0 Å². The molecule has 1 rings (SSSR count). The van der Waals surface area contributed by atoms with Gasteiger partial charge in [-0.05, 0) is 46.0 Å². The maximum absolute atomic E-state index is 12.0. The SMILES string of the molecule is C=C(COC(C)OCC)C(=O)OC1(CC)CCCC1. The number of rotatable bonds is 8. The summed E-state index contributed by atoms with van der Waals surface area (Å²) in [6.45, 7) is 10.2. The van der Waals surface area contributed by atoms with Gasteiger partial charge in [0.05, 0.1) is 12.2 Å². The molecule has 4 nitrogen and oxygen atoms in total. The summed E-state index contributed by atoms with van der Waals surface area (Å²) in [6, 6.07) is 0. The third kappa shape index (κ3) is 4.96. The minimum absolute atomic E-state index is 0.153. The Morgan fingerprint density at radius 1 is 1.26 bits per heavy atom. The molecule has 4 heteroatoms. The fraction of sp³-hybridized carbons (Fsp3) is 0.800. The van der Waals surface area contributed by atoms with Gasteiger partial charge in [0.15, 0.2) is 6.29 Å². The summed E-state index contributed by atoms with van der Waals surface area (Å²) in [5.74, 6) is -0.340. The molecule has 0 aromatic heterocycles. The van der Waals surface area contributed by atoms with Gasteiger partial charge in [0.2, 0.25) is 0 Å². The molecule has 0 heterocycles. The summed E-state index contributed by atoms with van der Waals surface area (Å²) >= 11 is 0. The van der Waals surface area contributed by atoms with E-state index in [9.17, 15) is 4.79 Å². The van der Waals surface area contributed by atoms with Gasteiger partial charge in [-0.2, -0.15) is 0 Å². The zero-order valence-electron chi connectivity index (χ0n) is 12.4. The van der Waals surface area contributed by atoms with Crippen molar-refractivity contribution in [3.05, 3.63) is 12.2 Å². The lowest BCUT2D eigenvalue weighted by Gasteiger charge is -2.28. The highest BCUT2D eigenvalue weighted by Gasteiger charge is 2.36. The topological polar surface area (TPSA) is 44.8 Å². The molecule has 1 aliphatic carbocycles. The quantitative estimate of drug-likeness (QED) is 0.386. The molecule has 0 N–H and O–H groups in total. The van der Waals surface area contributed by atoms with Gasteiger partial charge in [-0.25, -0.2) is 4.79 Å². The molecule has 1 saturated carbocycles. The molecule has 1 aliphatic rings. The Morgan fingerprint density at radius 2 is 1.89 bits per heavy atom. The smallest absolute Gasteiger partial charge is 0.336 e. The zero-order chi connectivity index (χ0) is 14.3. The van der Waals surface area contributed by atoms with Crippen LogP contribution in [0.4, 0.5) is 0 Å². The molecule has 0 amide bonds. The van der Waals surface area contributed by atoms with Crippen molar-refractivity contribution < 1.29 is 19.0 Å². The van der Waals surface area contributed by atoms with E-state index in [1.54, 1.807) is 6.92 Å². The number of carbonyl (C=O) groups is 1. The molecule has 1 fully saturated rings. The zero-order valence-corrected chi connectivity index (χ0v) is 12.4. The summed E-state index contributed by atoms with van der Waals surface area (Å²) in [6.07, 6.45) is 4.71. The molecule has 0 radical (unpaired) electrons. The van der Waals surface area contributed by atoms with E-state index in [1.165, 1.54) is 0 Å². The Kier molecular flexibility index (Phi) is 6.52. The molecule has 110 valence electrons. The van der Waals surface area contributed by atoms with Gasteiger partial charge in [0, 0.05) is 6.61 Å². The third-order valence-electron chi connectivity index (χ3n) is 3.65. The lowest BCUT2D eigenvalue weighted by atomic mass is 9.99. The maximum Gasteiger partial charge on any atom is 0.336 e. The van der Waals surface area contributed by atoms with Crippen LogP contribution < -0.4 is 0 Å². The van der Waals surface area contributed by atoms with Crippen molar-refractivity contribution in [1.29, 1.82) is 0 Å². The van der Waals surface area contributed by atoms with Crippen molar-refractivity contribution in [3.63, 3.8) is 0 Å². The fourth-order valence-corrected chi connectivity index (χ4v) is 2.38. The summed E-state index contributed by atoms with van der Waals surface area (Å²) in [5, 5.41) is 0. The van der Waals surface area contributed by atoms with Gasteiger partial charge in [0.1, 0.15) is 5.60 Å². The van der Waals surface area contributed by atoms with Crippen LogP contribution in [0.2, 0.25) is 0 Å². The lowest BCUT2D eigenvalue weighted by Crippen LogP contribution is -2.32. The Morgan fingerprint density at radius 3 is 2.42 bits per heavy atom. The molecule has 1 unspecified atom stereocenters. The standard InChI is InChI=1S/C15H26O4/c1-5-15(9-7-8-10-15)19-14(16)12(3)11-18-13(4)17-6-2/h13H,3,5-11H2,1-2,4H3. The highest BCUT2D eigenvalue weighted by molar-refractivity contribution is 5.88. The molecular weight excluding hydrogens is 244 g/mol. The van der Waals surface area contributed by atoms with E-state index < -0.39 is 0 Å². The Hall–Kier alpha value is -0.870. The van der Waals surface area contributed by atoms with Crippen LogP contribution in [0.1, 0.15) is 52.9 Å². The van der Waals surface area contributed by atoms with Crippen molar-refractivity contribution in [2.75, 3.05) is 13.2 Å². The normalized spacial score (nSPS) is 19.1. The number of ether oxygens (including phenoxy) is 3. The third-order valence-corrected chi connectivity index (χ3v) is 3.65. The maximum atomic E-state index is 12.0. The second-order valence-electron chi connectivity index (χ2n) is 5.07. The van der Waals surface area contributed by atoms with Gasteiger partial charge in [-0.15, -0.1) is 0 Å². The molecule has 1 atom stereocenters. The summed E-state index contributed by atoms with van der Waals surface area (Å²) in [5.41, 5.74) is 0.0808. The molecule has 0 spiro atoms. The number of carbonyl (C=O) groups excluding carboxylic acids is 1. The minimum atomic E-state index is -0.340. The van der Waals surface area contributed by atoms with Crippen molar-refractivity contribution >= 4 is 5.97 Å². The van der Waals surface area contributed by atoms with E-state index in [-0.39, 0.29) is 24.5 Å². The Labute approximate surface area is 116 Å². The molecule has 0 saturated heterocycles. The van der Waals surface area contributed by atoms with Crippen LogP contribution in [0.25, 0.3) is 0 Å². The minimum Gasteiger partial charge on any atom is -0.456 e. The monoisotopic (exact) mass is 270 g/mol. The van der Waals surface area contributed by atoms with E-state index >= 15 is 0 Å². The fourth-order valence-electron chi connectivity index (χ4n) is 2.38. The predicted molar refractivity (Wildman–Crippen MR) is 73.8 cm³/mol. The average Bonchev–Trinajstić information content (AvgIpc) is 2.85. The van der Waals surface area contributed by atoms with E-state index in [0.29, 0.717) is 12.2 Å². The molecule has 0 aromatic rings. The van der Waals surface area contributed by atoms with Gasteiger partial charge in [0.25, 0.3) is 0 Å². The van der Waals surface area contributed by atoms with Crippen LogP contribution in [0, 0.1) is 0 Å². The largest absolute Gasteiger partial charge is 0.456 e. The van der Waals surface area contributed by atoms with Gasteiger partial charge >= 0.3 is 5.97 Å². The Balaban J connectivity index is 2.38. The van der Waals surface area contributed by atoms with E-state index in [0.717, 1.165) is 32.1 Å². The van der Waals surface area contributed by atoms with Crippen molar-refractivity contribution in [3.8, 4) is 0 Å². The van der Waals surface area contributed by atoms with E-state index in [4.69, 9.17) is 14.2 Å². The van der Waals surface area contributed by atoms with Gasteiger partial charge in [-0.1, -0.05) is 13.5 Å². The van der Waals surface area contributed by atoms with Crippen molar-refractivity contribution in [2.45, 2.75) is 64.8 Å². The van der Waals surface area contributed by atoms with Crippen LogP contribution >= 0.6 is 0 Å². The highest BCUT2D eigenvalue weighted by Crippen LogP contribution is 2.36. The molecule has 19 heavy (non-hydrogen) atoms.